The third-order valence-electron chi connectivity index (χ3n) is 2.44. The molecule has 0 amide bonds. The topological polar surface area (TPSA) is 33.4 Å². The lowest BCUT2D eigenvalue weighted by molar-refractivity contribution is 0.482. The van der Waals surface area contributed by atoms with Crippen LogP contribution in [-0.4, -0.2) is 5.11 Å². The summed E-state index contributed by atoms with van der Waals surface area (Å²) in [4.78, 5) is 0. The number of phenolic OH excluding ortho intramolecular Hbond substituents is 1. The van der Waals surface area contributed by atoms with Gasteiger partial charge in [0, 0.05) is 16.2 Å². The summed E-state index contributed by atoms with van der Waals surface area (Å²) >= 11 is 0. The first-order valence-corrected chi connectivity index (χ1v) is 4.44. The molecule has 0 saturated carbocycles. The largest absolute Gasteiger partial charge is 0.507 e. The van der Waals surface area contributed by atoms with Crippen LogP contribution in [0.25, 0.3) is 21.7 Å². The van der Waals surface area contributed by atoms with Crippen molar-refractivity contribution >= 4 is 21.7 Å². The van der Waals surface area contributed by atoms with Gasteiger partial charge in [0.05, 0.1) is 6.26 Å². The van der Waals surface area contributed by atoms with E-state index in [9.17, 15) is 5.11 Å². The maximum absolute atomic E-state index is 9.75. The summed E-state index contributed by atoms with van der Waals surface area (Å²) < 4.78 is 5.38. The molecule has 1 heterocycles. The third-order valence-corrected chi connectivity index (χ3v) is 2.44. The molecule has 2 nitrogen and oxygen atoms in total. The van der Waals surface area contributed by atoms with Gasteiger partial charge in [-0.1, -0.05) is 24.3 Å². The van der Waals surface area contributed by atoms with Crippen molar-refractivity contribution in [2.75, 3.05) is 0 Å². The van der Waals surface area contributed by atoms with Crippen molar-refractivity contribution in [1.82, 2.24) is 0 Å². The second-order valence-electron chi connectivity index (χ2n) is 3.28. The Bertz CT molecular complexity index is 608. The number of hydrogen-bond donors (Lipinski definition) is 1. The van der Waals surface area contributed by atoms with E-state index in [1.807, 2.05) is 30.3 Å². The molecule has 0 spiro atoms. The van der Waals surface area contributed by atoms with E-state index in [1.165, 1.54) is 0 Å². The summed E-state index contributed by atoms with van der Waals surface area (Å²) in [5, 5.41) is 12.5. The van der Waals surface area contributed by atoms with Gasteiger partial charge in [-0.2, -0.15) is 0 Å². The molecule has 0 unspecified atom stereocenters. The first kappa shape index (κ1) is 7.44. The fraction of sp³-hybridized carbons (Fsp3) is 0. The van der Waals surface area contributed by atoms with Gasteiger partial charge in [-0.25, -0.2) is 0 Å². The van der Waals surface area contributed by atoms with Crippen molar-refractivity contribution in [3.8, 4) is 5.75 Å². The fourth-order valence-corrected chi connectivity index (χ4v) is 1.78. The fourth-order valence-electron chi connectivity index (χ4n) is 1.78. The summed E-state index contributed by atoms with van der Waals surface area (Å²) in [6, 6.07) is 11.2. The van der Waals surface area contributed by atoms with Crippen LogP contribution in [0.5, 0.6) is 5.75 Å². The van der Waals surface area contributed by atoms with Crippen LogP contribution in [-0.2, 0) is 0 Å². The van der Waals surface area contributed by atoms with Crippen LogP contribution >= 0.6 is 0 Å². The van der Waals surface area contributed by atoms with Gasteiger partial charge in [0.1, 0.15) is 11.3 Å². The van der Waals surface area contributed by atoms with Gasteiger partial charge in [0.15, 0.2) is 0 Å². The number of fused-ring (bicyclic) bond motifs is 3. The minimum absolute atomic E-state index is 0.300. The zero-order chi connectivity index (χ0) is 9.54. The molecule has 68 valence electrons. The van der Waals surface area contributed by atoms with Crippen LogP contribution in [0.15, 0.2) is 47.1 Å². The SMILES string of the molecule is Oc1cc2ccoc2c2ccccc12. The first-order chi connectivity index (χ1) is 6.86. The van der Waals surface area contributed by atoms with E-state index in [-0.39, 0.29) is 0 Å². The molecule has 0 saturated heterocycles. The lowest BCUT2D eigenvalue weighted by atomic mass is 10.1. The number of rotatable bonds is 0. The van der Waals surface area contributed by atoms with Crippen molar-refractivity contribution in [1.29, 1.82) is 0 Å². The molecule has 0 aliphatic rings. The summed E-state index contributed by atoms with van der Waals surface area (Å²) in [6.45, 7) is 0. The molecule has 2 heteroatoms. The van der Waals surface area contributed by atoms with Gasteiger partial charge in [0.25, 0.3) is 0 Å². The second kappa shape index (κ2) is 2.51. The maximum Gasteiger partial charge on any atom is 0.141 e. The van der Waals surface area contributed by atoms with Crippen molar-refractivity contribution in [2.24, 2.45) is 0 Å². The number of hydrogen-bond acceptors (Lipinski definition) is 2. The highest BCUT2D eigenvalue weighted by molar-refractivity contribution is 6.07. The highest BCUT2D eigenvalue weighted by Crippen LogP contribution is 2.32. The maximum atomic E-state index is 9.75. The third kappa shape index (κ3) is 0.852. The summed E-state index contributed by atoms with van der Waals surface area (Å²) in [6.07, 6.45) is 1.64. The number of phenols is 1. The van der Waals surface area contributed by atoms with Gasteiger partial charge >= 0.3 is 0 Å². The lowest BCUT2D eigenvalue weighted by Crippen LogP contribution is -1.74. The smallest absolute Gasteiger partial charge is 0.141 e. The zero-order valence-electron chi connectivity index (χ0n) is 7.40. The Kier molecular flexibility index (Phi) is 1.34. The van der Waals surface area contributed by atoms with Crippen LogP contribution in [0.1, 0.15) is 0 Å². The van der Waals surface area contributed by atoms with Crippen molar-refractivity contribution in [3.63, 3.8) is 0 Å². The van der Waals surface area contributed by atoms with Gasteiger partial charge in [0.2, 0.25) is 0 Å². The summed E-state index contributed by atoms with van der Waals surface area (Å²) in [5.41, 5.74) is 0.832. The zero-order valence-corrected chi connectivity index (χ0v) is 7.40. The van der Waals surface area contributed by atoms with E-state index < -0.39 is 0 Å². The predicted octanol–water partition coefficient (Wildman–Crippen LogP) is 3.29. The van der Waals surface area contributed by atoms with E-state index in [2.05, 4.69) is 0 Å². The molecule has 1 aromatic heterocycles. The van der Waals surface area contributed by atoms with Crippen LogP contribution < -0.4 is 0 Å². The summed E-state index contributed by atoms with van der Waals surface area (Å²) in [5.74, 6) is 0.300. The number of aromatic hydroxyl groups is 1. The molecular weight excluding hydrogens is 176 g/mol. The van der Waals surface area contributed by atoms with Gasteiger partial charge in [-0.3, -0.25) is 0 Å². The highest BCUT2D eigenvalue weighted by atomic mass is 16.3. The van der Waals surface area contributed by atoms with Crippen LogP contribution in [0, 0.1) is 0 Å². The quantitative estimate of drug-likeness (QED) is 0.581. The van der Waals surface area contributed by atoms with Crippen LogP contribution in [0.2, 0.25) is 0 Å². The van der Waals surface area contributed by atoms with Gasteiger partial charge in [-0.15, -0.1) is 0 Å². The Balaban J connectivity index is 2.67. The van der Waals surface area contributed by atoms with Crippen LogP contribution in [0.3, 0.4) is 0 Å². The van der Waals surface area contributed by atoms with Gasteiger partial charge < -0.3 is 9.52 Å². The van der Waals surface area contributed by atoms with Crippen molar-refractivity contribution < 1.29 is 9.52 Å². The predicted molar refractivity (Wildman–Crippen MR) is 55.4 cm³/mol. The molecule has 0 atom stereocenters. The van der Waals surface area contributed by atoms with E-state index in [0.717, 1.165) is 21.7 Å². The molecule has 3 rings (SSSR count). The van der Waals surface area contributed by atoms with E-state index >= 15 is 0 Å². The molecular formula is C12H8O2. The van der Waals surface area contributed by atoms with Crippen molar-refractivity contribution in [3.05, 3.63) is 42.7 Å². The minimum atomic E-state index is 0.300. The van der Waals surface area contributed by atoms with E-state index in [0.29, 0.717) is 5.75 Å². The summed E-state index contributed by atoms with van der Waals surface area (Å²) in [7, 11) is 0. The van der Waals surface area contributed by atoms with E-state index in [4.69, 9.17) is 4.42 Å². The second-order valence-corrected chi connectivity index (χ2v) is 3.28. The Labute approximate surface area is 80.4 Å². The number of furan rings is 1. The monoisotopic (exact) mass is 184 g/mol. The normalized spacial score (nSPS) is 11.1. The molecule has 3 aromatic rings. The minimum Gasteiger partial charge on any atom is -0.507 e. The van der Waals surface area contributed by atoms with E-state index in [1.54, 1.807) is 12.3 Å². The molecule has 2 aromatic carbocycles. The molecule has 14 heavy (non-hydrogen) atoms. The van der Waals surface area contributed by atoms with Gasteiger partial charge in [-0.05, 0) is 12.1 Å². The highest BCUT2D eigenvalue weighted by Gasteiger charge is 2.06. The average molecular weight is 184 g/mol. The Morgan fingerprint density at radius 2 is 1.79 bits per heavy atom. The Morgan fingerprint density at radius 1 is 1.00 bits per heavy atom. The molecule has 0 bridgehead atoms. The Hall–Kier alpha value is -1.96. The molecule has 0 radical (unpaired) electrons. The van der Waals surface area contributed by atoms with Crippen LogP contribution in [0.4, 0.5) is 0 Å². The molecule has 0 aliphatic heterocycles. The first-order valence-electron chi connectivity index (χ1n) is 4.44. The number of benzene rings is 2. The molecule has 0 aliphatic carbocycles. The Morgan fingerprint density at radius 3 is 2.64 bits per heavy atom. The molecule has 0 fully saturated rings. The molecule has 1 N–H and O–H groups in total. The van der Waals surface area contributed by atoms with Crippen molar-refractivity contribution in [2.45, 2.75) is 0 Å². The lowest BCUT2D eigenvalue weighted by Gasteiger charge is -2.00. The standard InChI is InChI=1S/C12H8O2/c13-11-7-8-5-6-14-12(8)10-4-2-1-3-9(10)11/h1-7,13H. The average Bonchev–Trinajstić information content (AvgIpc) is 2.66.